The Morgan fingerprint density at radius 3 is 2.52 bits per heavy atom. The van der Waals surface area contributed by atoms with Crippen molar-refractivity contribution >= 4 is 5.82 Å². The third kappa shape index (κ3) is 3.69. The normalized spacial score (nSPS) is 10.0. The van der Waals surface area contributed by atoms with Gasteiger partial charge in [0.15, 0.2) is 5.82 Å². The van der Waals surface area contributed by atoms with Crippen LogP contribution in [-0.4, -0.2) is 21.5 Å². The van der Waals surface area contributed by atoms with Crippen molar-refractivity contribution in [2.24, 2.45) is 0 Å². The third-order valence-corrected chi connectivity index (χ3v) is 3.23. The Hall–Kier alpha value is -3.26. The van der Waals surface area contributed by atoms with Gasteiger partial charge in [-0.3, -0.25) is 4.98 Å². The first-order valence-electron chi connectivity index (χ1n) is 7.33. The first kappa shape index (κ1) is 14.7. The number of rotatable bonds is 5. The van der Waals surface area contributed by atoms with Gasteiger partial charge in [-0.05, 0) is 12.1 Å². The Bertz CT molecular complexity index is 752. The lowest BCUT2D eigenvalue weighted by atomic mass is 10.1. The van der Waals surface area contributed by atoms with E-state index in [0.717, 1.165) is 11.3 Å². The zero-order valence-electron chi connectivity index (χ0n) is 12.5. The van der Waals surface area contributed by atoms with Crippen LogP contribution in [0.2, 0.25) is 0 Å². The van der Waals surface area contributed by atoms with Crippen LogP contribution in [0.4, 0.5) is 5.82 Å². The highest BCUT2D eigenvalue weighted by atomic mass is 15.0. The summed E-state index contributed by atoms with van der Waals surface area (Å²) < 4.78 is 0. The molecular formula is C18H15N5. The van der Waals surface area contributed by atoms with Crippen LogP contribution in [-0.2, 0) is 0 Å². The minimum Gasteiger partial charge on any atom is -0.369 e. The van der Waals surface area contributed by atoms with Crippen molar-refractivity contribution in [1.29, 1.82) is 5.26 Å². The minimum atomic E-state index is 0.420. The fourth-order valence-corrected chi connectivity index (χ4v) is 2.15. The summed E-state index contributed by atoms with van der Waals surface area (Å²) in [5.74, 6) is 1.25. The lowest BCUT2D eigenvalue weighted by molar-refractivity contribution is 1.04. The number of nitrogens with zero attached hydrogens (tertiary/aromatic N) is 4. The van der Waals surface area contributed by atoms with Gasteiger partial charge in [0.2, 0.25) is 0 Å². The summed E-state index contributed by atoms with van der Waals surface area (Å²) in [6, 6.07) is 19.6. The van der Waals surface area contributed by atoms with Gasteiger partial charge in [0.05, 0.1) is 18.2 Å². The average Bonchev–Trinajstić information content (AvgIpc) is 2.63. The molecule has 0 aliphatic heterocycles. The van der Waals surface area contributed by atoms with Gasteiger partial charge < -0.3 is 5.32 Å². The van der Waals surface area contributed by atoms with E-state index in [1.54, 1.807) is 6.20 Å². The molecule has 0 bridgehead atoms. The fraction of sp³-hybridized carbons (Fsp3) is 0.111. The van der Waals surface area contributed by atoms with E-state index in [9.17, 15) is 0 Å². The number of hydrogen-bond acceptors (Lipinski definition) is 5. The molecule has 0 saturated carbocycles. The maximum atomic E-state index is 8.68. The molecule has 2 heterocycles. The largest absolute Gasteiger partial charge is 0.369 e. The predicted molar refractivity (Wildman–Crippen MR) is 89.4 cm³/mol. The number of hydrogen-bond donors (Lipinski definition) is 1. The van der Waals surface area contributed by atoms with Crippen molar-refractivity contribution in [3.63, 3.8) is 0 Å². The zero-order valence-corrected chi connectivity index (χ0v) is 12.5. The molecule has 3 rings (SSSR count). The van der Waals surface area contributed by atoms with Crippen LogP contribution in [0.5, 0.6) is 0 Å². The molecule has 0 atom stereocenters. The van der Waals surface area contributed by atoms with Gasteiger partial charge in [0, 0.05) is 24.4 Å². The van der Waals surface area contributed by atoms with E-state index in [2.05, 4.69) is 26.3 Å². The summed E-state index contributed by atoms with van der Waals surface area (Å²) in [6.45, 7) is 0.545. The molecule has 3 aromatic rings. The van der Waals surface area contributed by atoms with Crippen LogP contribution < -0.4 is 5.32 Å². The second kappa shape index (κ2) is 7.14. The molecular weight excluding hydrogens is 286 g/mol. The molecule has 0 amide bonds. The number of aromatic nitrogens is 3. The quantitative estimate of drug-likeness (QED) is 0.730. The number of benzene rings is 1. The molecule has 2 aromatic heterocycles. The third-order valence-electron chi connectivity index (χ3n) is 3.23. The van der Waals surface area contributed by atoms with Gasteiger partial charge in [0.1, 0.15) is 11.5 Å². The molecule has 0 fully saturated rings. The molecule has 0 spiro atoms. The summed E-state index contributed by atoms with van der Waals surface area (Å²) in [6.07, 6.45) is 2.14. The lowest BCUT2D eigenvalue weighted by Crippen LogP contribution is -2.05. The van der Waals surface area contributed by atoms with E-state index in [-0.39, 0.29) is 0 Å². The molecule has 5 heteroatoms. The highest BCUT2D eigenvalue weighted by Crippen LogP contribution is 2.23. The molecule has 112 valence electrons. The summed E-state index contributed by atoms with van der Waals surface area (Å²) in [7, 11) is 0. The molecule has 1 aromatic carbocycles. The molecule has 1 N–H and O–H groups in total. The van der Waals surface area contributed by atoms with Crippen LogP contribution in [0.3, 0.4) is 0 Å². The maximum absolute atomic E-state index is 8.68. The smallest absolute Gasteiger partial charge is 0.180 e. The van der Waals surface area contributed by atoms with E-state index in [1.807, 2.05) is 54.6 Å². The second-order valence-electron chi connectivity index (χ2n) is 4.88. The first-order chi connectivity index (χ1) is 11.4. The number of pyridine rings is 1. The SMILES string of the molecule is N#CCCNc1cc(-c2ccccc2)nc(-c2ccccn2)n1. The summed E-state index contributed by atoms with van der Waals surface area (Å²) in [5.41, 5.74) is 2.55. The van der Waals surface area contributed by atoms with Gasteiger partial charge >= 0.3 is 0 Å². The Morgan fingerprint density at radius 2 is 1.78 bits per heavy atom. The van der Waals surface area contributed by atoms with Crippen molar-refractivity contribution in [2.45, 2.75) is 6.42 Å². The van der Waals surface area contributed by atoms with Crippen molar-refractivity contribution < 1.29 is 0 Å². The van der Waals surface area contributed by atoms with E-state index >= 15 is 0 Å². The molecule has 0 radical (unpaired) electrons. The van der Waals surface area contributed by atoms with E-state index < -0.39 is 0 Å². The Labute approximate surface area is 134 Å². The second-order valence-corrected chi connectivity index (χ2v) is 4.88. The Balaban J connectivity index is 2.02. The Kier molecular flexibility index (Phi) is 4.55. The monoisotopic (exact) mass is 301 g/mol. The molecule has 0 aliphatic carbocycles. The van der Waals surface area contributed by atoms with Crippen LogP contribution in [0.25, 0.3) is 22.8 Å². The van der Waals surface area contributed by atoms with Crippen LogP contribution in [0, 0.1) is 11.3 Å². The van der Waals surface area contributed by atoms with E-state index in [0.29, 0.717) is 30.3 Å². The van der Waals surface area contributed by atoms with Gasteiger partial charge in [-0.25, -0.2) is 9.97 Å². The lowest BCUT2D eigenvalue weighted by Gasteiger charge is -2.09. The highest BCUT2D eigenvalue weighted by molar-refractivity contribution is 5.66. The fourth-order valence-electron chi connectivity index (χ4n) is 2.15. The van der Waals surface area contributed by atoms with Crippen LogP contribution in [0.15, 0.2) is 60.8 Å². The molecule has 23 heavy (non-hydrogen) atoms. The van der Waals surface area contributed by atoms with E-state index in [4.69, 9.17) is 5.26 Å². The minimum absolute atomic E-state index is 0.420. The molecule has 0 unspecified atom stereocenters. The summed E-state index contributed by atoms with van der Waals surface area (Å²) in [4.78, 5) is 13.4. The average molecular weight is 301 g/mol. The molecule has 0 aliphatic rings. The standard InChI is InChI=1S/C18H15N5/c19-10-6-12-21-17-13-16(14-7-2-1-3-8-14)22-18(23-17)15-9-4-5-11-20-15/h1-5,7-9,11,13H,6,12H2,(H,21,22,23). The van der Waals surface area contributed by atoms with Crippen molar-refractivity contribution in [3.8, 4) is 28.8 Å². The number of anilines is 1. The maximum Gasteiger partial charge on any atom is 0.180 e. The number of nitrogens with one attached hydrogen (secondary N) is 1. The van der Waals surface area contributed by atoms with Gasteiger partial charge in [-0.1, -0.05) is 36.4 Å². The Morgan fingerprint density at radius 1 is 0.957 bits per heavy atom. The molecule has 0 saturated heterocycles. The van der Waals surface area contributed by atoms with Crippen molar-refractivity contribution in [2.75, 3.05) is 11.9 Å². The van der Waals surface area contributed by atoms with Crippen LogP contribution in [0.1, 0.15) is 6.42 Å². The predicted octanol–water partition coefficient (Wildman–Crippen LogP) is 3.53. The van der Waals surface area contributed by atoms with Gasteiger partial charge in [-0.2, -0.15) is 5.26 Å². The van der Waals surface area contributed by atoms with Crippen molar-refractivity contribution in [1.82, 2.24) is 15.0 Å². The zero-order chi connectivity index (χ0) is 15.9. The number of nitriles is 1. The molecule has 5 nitrogen and oxygen atoms in total. The van der Waals surface area contributed by atoms with Crippen molar-refractivity contribution in [3.05, 3.63) is 60.8 Å². The summed E-state index contributed by atoms with van der Waals surface area (Å²) >= 11 is 0. The van der Waals surface area contributed by atoms with Gasteiger partial charge in [-0.15, -0.1) is 0 Å². The first-order valence-corrected chi connectivity index (χ1v) is 7.33. The highest BCUT2D eigenvalue weighted by Gasteiger charge is 2.09. The topological polar surface area (TPSA) is 74.5 Å². The van der Waals surface area contributed by atoms with E-state index in [1.165, 1.54) is 0 Å². The summed E-state index contributed by atoms with van der Waals surface area (Å²) in [5, 5.41) is 11.8. The van der Waals surface area contributed by atoms with Crippen LogP contribution >= 0.6 is 0 Å². The van der Waals surface area contributed by atoms with Gasteiger partial charge in [0.25, 0.3) is 0 Å².